The predicted molar refractivity (Wildman–Crippen MR) is 33.3 cm³/mol. The van der Waals surface area contributed by atoms with Crippen molar-refractivity contribution >= 4 is 22.7 Å². The quantitative estimate of drug-likeness (QED) is 0.353. The monoisotopic (exact) mass is 196 g/mol. The largest absolute Gasteiger partial charge is 0.478 e. The first kappa shape index (κ1) is 9.10. The molecule has 8 heteroatoms. The molecular formula is C4H4O7S. The normalized spacial score (nSPS) is 45.3. The van der Waals surface area contributed by atoms with Gasteiger partial charge in [-0.05, 0) is 0 Å². The number of carboxylic acid groups (broad SMARTS) is 2. The summed E-state index contributed by atoms with van der Waals surface area (Å²) in [7, 11) is -2.72. The summed E-state index contributed by atoms with van der Waals surface area (Å²) in [5, 5.41) is 34.1. The number of carboxylic acids is 2. The maximum Gasteiger partial charge on any atom is 0.354 e. The average molecular weight is 196 g/mol. The van der Waals surface area contributed by atoms with Gasteiger partial charge in [0.15, 0.2) is 0 Å². The van der Waals surface area contributed by atoms with Gasteiger partial charge in [0.1, 0.15) is 10.8 Å². The lowest BCUT2D eigenvalue weighted by molar-refractivity contribution is -0.165. The summed E-state index contributed by atoms with van der Waals surface area (Å²) in [5.41, 5.74) is 0. The standard InChI is InChI=1S/C4H4O7S/c5-1(6)3(9)4(10,2(7)8)12(3)11/h9-10H,(H,5,6)(H,7,8). The van der Waals surface area contributed by atoms with Crippen LogP contribution in [0.15, 0.2) is 0 Å². The van der Waals surface area contributed by atoms with Crippen molar-refractivity contribution in [1.82, 2.24) is 0 Å². The number of aliphatic hydroxyl groups is 2. The summed E-state index contributed by atoms with van der Waals surface area (Å²) in [6.07, 6.45) is 0. The summed E-state index contributed by atoms with van der Waals surface area (Å²) in [4.78, 5) is 14.2. The first-order chi connectivity index (χ1) is 5.29. The fourth-order valence-electron chi connectivity index (χ4n) is 0.733. The van der Waals surface area contributed by atoms with E-state index in [1.807, 2.05) is 0 Å². The maximum atomic E-state index is 10.6. The SMILES string of the molecule is O=C(O)C1(O)S(=O)C1(O)C(=O)O. The van der Waals surface area contributed by atoms with E-state index < -0.39 is 32.6 Å². The van der Waals surface area contributed by atoms with Crippen LogP contribution < -0.4 is 0 Å². The van der Waals surface area contributed by atoms with E-state index in [9.17, 15) is 13.8 Å². The Bertz CT molecular complexity index is 270. The topological polar surface area (TPSA) is 132 Å². The molecule has 7 nitrogen and oxygen atoms in total. The molecule has 2 atom stereocenters. The van der Waals surface area contributed by atoms with Crippen LogP contribution in [0.25, 0.3) is 0 Å². The first-order valence-electron chi connectivity index (χ1n) is 2.63. The van der Waals surface area contributed by atoms with Crippen molar-refractivity contribution < 1.29 is 34.2 Å². The van der Waals surface area contributed by atoms with E-state index in [2.05, 4.69) is 0 Å². The Hall–Kier alpha value is -0.990. The summed E-state index contributed by atoms with van der Waals surface area (Å²) in [6.45, 7) is 0. The molecule has 0 bridgehead atoms. The third kappa shape index (κ3) is 0.642. The van der Waals surface area contributed by atoms with Crippen LogP contribution in [0.5, 0.6) is 0 Å². The van der Waals surface area contributed by atoms with E-state index in [1.165, 1.54) is 0 Å². The molecule has 0 aromatic heterocycles. The number of rotatable bonds is 2. The molecule has 4 N–H and O–H groups in total. The van der Waals surface area contributed by atoms with Gasteiger partial charge in [0.25, 0.3) is 9.87 Å². The van der Waals surface area contributed by atoms with E-state index in [0.29, 0.717) is 0 Å². The van der Waals surface area contributed by atoms with Gasteiger partial charge in [-0.25, -0.2) is 9.59 Å². The van der Waals surface area contributed by atoms with Crippen molar-refractivity contribution in [3.05, 3.63) is 0 Å². The smallest absolute Gasteiger partial charge is 0.354 e. The summed E-state index contributed by atoms with van der Waals surface area (Å²) < 4.78 is 10.6. The molecule has 0 amide bonds. The van der Waals surface area contributed by atoms with Crippen molar-refractivity contribution in [2.24, 2.45) is 0 Å². The minimum Gasteiger partial charge on any atom is -0.478 e. The highest BCUT2D eigenvalue weighted by atomic mass is 32.2. The second kappa shape index (κ2) is 2.03. The summed E-state index contributed by atoms with van der Waals surface area (Å²) in [6, 6.07) is 0. The number of hydrogen-bond donors (Lipinski definition) is 4. The van der Waals surface area contributed by atoms with Gasteiger partial charge in [-0.3, -0.25) is 4.21 Å². The van der Waals surface area contributed by atoms with Gasteiger partial charge >= 0.3 is 11.9 Å². The Balaban J connectivity index is 3.12. The van der Waals surface area contributed by atoms with E-state index in [1.54, 1.807) is 0 Å². The third-order valence-corrected chi connectivity index (χ3v) is 3.34. The van der Waals surface area contributed by atoms with Crippen molar-refractivity contribution in [2.45, 2.75) is 9.87 Å². The molecule has 12 heavy (non-hydrogen) atoms. The molecule has 1 fully saturated rings. The average Bonchev–Trinajstić information content (AvgIpc) is 2.39. The molecule has 1 saturated heterocycles. The zero-order valence-electron chi connectivity index (χ0n) is 5.42. The lowest BCUT2D eigenvalue weighted by atomic mass is 10.2. The van der Waals surface area contributed by atoms with Crippen molar-refractivity contribution in [3.8, 4) is 0 Å². The lowest BCUT2D eigenvalue weighted by Crippen LogP contribution is -2.39. The number of aliphatic carboxylic acids is 2. The van der Waals surface area contributed by atoms with Gasteiger partial charge in [-0.15, -0.1) is 0 Å². The van der Waals surface area contributed by atoms with Gasteiger partial charge in [-0.1, -0.05) is 0 Å². The van der Waals surface area contributed by atoms with Crippen LogP contribution in [0, 0.1) is 0 Å². The molecule has 2 unspecified atom stereocenters. The molecule has 1 heterocycles. The van der Waals surface area contributed by atoms with Crippen LogP contribution in [-0.4, -0.2) is 46.4 Å². The Kier molecular flexibility index (Phi) is 1.54. The number of carbonyl (C=O) groups is 2. The molecule has 0 saturated carbocycles. The molecule has 1 rings (SSSR count). The molecule has 0 aromatic rings. The van der Waals surface area contributed by atoms with Gasteiger partial charge in [0.05, 0.1) is 0 Å². The van der Waals surface area contributed by atoms with Crippen LogP contribution >= 0.6 is 0 Å². The highest BCUT2D eigenvalue weighted by Crippen LogP contribution is 2.48. The van der Waals surface area contributed by atoms with Gasteiger partial charge in [0, 0.05) is 0 Å². The van der Waals surface area contributed by atoms with Crippen LogP contribution in [0.3, 0.4) is 0 Å². The van der Waals surface area contributed by atoms with Crippen molar-refractivity contribution in [1.29, 1.82) is 0 Å². The Morgan fingerprint density at radius 3 is 1.33 bits per heavy atom. The number of hydrogen-bond acceptors (Lipinski definition) is 5. The Morgan fingerprint density at radius 2 is 1.25 bits per heavy atom. The van der Waals surface area contributed by atoms with Crippen LogP contribution in [0.2, 0.25) is 0 Å². The van der Waals surface area contributed by atoms with Crippen LogP contribution in [-0.2, 0) is 20.4 Å². The van der Waals surface area contributed by atoms with Gasteiger partial charge in [-0.2, -0.15) is 0 Å². The molecule has 0 radical (unpaired) electrons. The Morgan fingerprint density at radius 1 is 1.00 bits per heavy atom. The molecule has 0 aromatic carbocycles. The zero-order chi connectivity index (χ0) is 9.73. The molecule has 1 aliphatic heterocycles. The third-order valence-electron chi connectivity index (χ3n) is 1.53. The maximum absolute atomic E-state index is 10.6. The van der Waals surface area contributed by atoms with E-state index in [4.69, 9.17) is 20.4 Å². The molecule has 1 aliphatic rings. The second-order valence-corrected chi connectivity index (χ2v) is 3.89. The lowest BCUT2D eigenvalue weighted by Gasteiger charge is -2.01. The summed E-state index contributed by atoms with van der Waals surface area (Å²) >= 11 is 0. The second-order valence-electron chi connectivity index (χ2n) is 2.17. The zero-order valence-corrected chi connectivity index (χ0v) is 6.24. The molecule has 0 aliphatic carbocycles. The molecule has 0 spiro atoms. The highest BCUT2D eigenvalue weighted by molar-refractivity contribution is 7.97. The minimum atomic E-state index is -3.07. The summed E-state index contributed by atoms with van der Waals surface area (Å²) in [5.74, 6) is -4.04. The predicted octanol–water partition coefficient (Wildman–Crippen LogP) is -2.70. The highest BCUT2D eigenvalue weighted by Gasteiger charge is 2.87. The first-order valence-corrected chi connectivity index (χ1v) is 3.78. The van der Waals surface area contributed by atoms with Crippen molar-refractivity contribution in [2.75, 3.05) is 0 Å². The van der Waals surface area contributed by atoms with E-state index in [-0.39, 0.29) is 0 Å². The van der Waals surface area contributed by atoms with E-state index >= 15 is 0 Å². The molecule has 68 valence electrons. The van der Waals surface area contributed by atoms with Crippen LogP contribution in [0.4, 0.5) is 0 Å². The van der Waals surface area contributed by atoms with E-state index in [0.717, 1.165) is 0 Å². The van der Waals surface area contributed by atoms with Gasteiger partial charge in [0.2, 0.25) is 0 Å². The minimum absolute atomic E-state index is 2.02. The fourth-order valence-corrected chi connectivity index (χ4v) is 1.89. The van der Waals surface area contributed by atoms with Crippen LogP contribution in [0.1, 0.15) is 0 Å². The van der Waals surface area contributed by atoms with Gasteiger partial charge < -0.3 is 20.4 Å². The molecular weight excluding hydrogens is 192 g/mol. The van der Waals surface area contributed by atoms with Crippen molar-refractivity contribution in [3.63, 3.8) is 0 Å². The Labute approximate surface area is 67.7 Å². The fraction of sp³-hybridized carbons (Fsp3) is 0.500.